The Morgan fingerprint density at radius 1 is 1.00 bits per heavy atom. The summed E-state index contributed by atoms with van der Waals surface area (Å²) in [6.07, 6.45) is -1.22. The van der Waals surface area contributed by atoms with Crippen LogP contribution < -0.4 is 16.6 Å². The minimum atomic E-state index is -4.72. The van der Waals surface area contributed by atoms with Gasteiger partial charge in [-0.3, -0.25) is 19.1 Å². The van der Waals surface area contributed by atoms with Crippen molar-refractivity contribution in [3.63, 3.8) is 0 Å². The number of morpholine rings is 1. The van der Waals surface area contributed by atoms with E-state index in [0.717, 1.165) is 6.20 Å². The molecular formula is C30H30F3N7O5. The normalized spacial score (nSPS) is 16.2. The molecule has 2 aliphatic rings. The number of urea groups is 1. The van der Waals surface area contributed by atoms with Gasteiger partial charge in [0.25, 0.3) is 11.5 Å². The predicted molar refractivity (Wildman–Crippen MR) is 158 cm³/mol. The van der Waals surface area contributed by atoms with Gasteiger partial charge in [0.1, 0.15) is 12.2 Å². The first-order chi connectivity index (χ1) is 21.6. The number of aromatic nitrogens is 4. The number of benzene rings is 1. The lowest BCUT2D eigenvalue weighted by molar-refractivity contribution is -0.141. The van der Waals surface area contributed by atoms with E-state index in [9.17, 15) is 32.3 Å². The number of hydrogen-bond donors (Lipinski definition) is 2. The molecule has 6 rings (SSSR count). The number of aromatic amines is 1. The molecule has 2 saturated heterocycles. The molecule has 12 nitrogen and oxygen atoms in total. The minimum Gasteiger partial charge on any atom is -0.378 e. The molecule has 2 fully saturated rings. The van der Waals surface area contributed by atoms with Gasteiger partial charge in [-0.2, -0.15) is 13.2 Å². The SMILES string of the molecule is O=C(Nc1cc(-c2ccccc2C(=O)N2CCOCC2)cn(CC(F)(F)F)c1=O)N1CCC(n2c(=O)[nH]c3ncccc32)CC1. The molecule has 3 amide bonds. The predicted octanol–water partition coefficient (Wildman–Crippen LogP) is 3.46. The van der Waals surface area contributed by atoms with Crippen molar-refractivity contribution >= 4 is 28.8 Å². The number of pyridine rings is 2. The van der Waals surface area contributed by atoms with Crippen molar-refractivity contribution in [2.75, 3.05) is 44.7 Å². The van der Waals surface area contributed by atoms with Gasteiger partial charge in [-0.1, -0.05) is 18.2 Å². The standard InChI is InChI=1S/C30H30F3N7O5/c31-30(32,33)18-39-17-19(21-4-1-2-5-22(21)26(41)37-12-14-45-15-13-37)16-23(27(39)42)35-28(43)38-10-7-20(8-11-38)40-24-6-3-9-34-25(24)36-29(40)44/h1-6,9,16-17,20H,7-8,10-15,18H2,(H,35,43)(H,34,36,44). The van der Waals surface area contributed by atoms with Crippen molar-refractivity contribution in [1.29, 1.82) is 0 Å². The van der Waals surface area contributed by atoms with Crippen molar-refractivity contribution in [1.82, 2.24) is 28.9 Å². The van der Waals surface area contributed by atoms with Crippen LogP contribution in [0.2, 0.25) is 0 Å². The van der Waals surface area contributed by atoms with Gasteiger partial charge in [0.15, 0.2) is 5.65 Å². The third-order valence-corrected chi connectivity index (χ3v) is 8.05. The third-order valence-electron chi connectivity index (χ3n) is 8.05. The van der Waals surface area contributed by atoms with E-state index in [1.807, 2.05) is 0 Å². The zero-order chi connectivity index (χ0) is 31.7. The first kappa shape index (κ1) is 30.1. The maximum Gasteiger partial charge on any atom is 0.406 e. The summed E-state index contributed by atoms with van der Waals surface area (Å²) < 4.78 is 48.0. The number of piperidine rings is 1. The zero-order valence-corrected chi connectivity index (χ0v) is 24.0. The molecule has 1 aromatic carbocycles. The van der Waals surface area contributed by atoms with Crippen molar-refractivity contribution in [2.45, 2.75) is 31.6 Å². The summed E-state index contributed by atoms with van der Waals surface area (Å²) in [5.74, 6) is -0.319. The summed E-state index contributed by atoms with van der Waals surface area (Å²) in [5, 5.41) is 2.51. The van der Waals surface area contributed by atoms with E-state index in [1.165, 1.54) is 11.0 Å². The Kier molecular flexibility index (Phi) is 8.18. The Balaban J connectivity index is 1.26. The topological polar surface area (TPSA) is 135 Å². The lowest BCUT2D eigenvalue weighted by Crippen LogP contribution is -2.43. The number of carbonyl (C=O) groups is 2. The number of imidazole rings is 1. The molecule has 0 spiro atoms. The number of H-pyrrole nitrogens is 1. The van der Waals surface area contributed by atoms with Crippen LogP contribution in [0.25, 0.3) is 22.3 Å². The fraction of sp³-hybridized carbons (Fsp3) is 0.367. The number of nitrogens with one attached hydrogen (secondary N) is 2. The van der Waals surface area contributed by atoms with E-state index >= 15 is 0 Å². The van der Waals surface area contributed by atoms with Crippen LogP contribution in [-0.4, -0.2) is 86.4 Å². The van der Waals surface area contributed by atoms with Crippen LogP contribution in [0.1, 0.15) is 29.2 Å². The molecular weight excluding hydrogens is 595 g/mol. The van der Waals surface area contributed by atoms with E-state index < -0.39 is 24.3 Å². The molecule has 5 heterocycles. The summed E-state index contributed by atoms with van der Waals surface area (Å²) >= 11 is 0. The number of anilines is 1. The highest BCUT2D eigenvalue weighted by molar-refractivity contribution is 6.01. The van der Waals surface area contributed by atoms with Crippen LogP contribution in [-0.2, 0) is 11.3 Å². The quantitative estimate of drug-likeness (QED) is 0.349. The van der Waals surface area contributed by atoms with E-state index in [2.05, 4.69) is 15.3 Å². The molecule has 2 N–H and O–H groups in total. The molecule has 0 atom stereocenters. The molecule has 236 valence electrons. The van der Waals surface area contributed by atoms with Gasteiger partial charge in [-0.05, 0) is 42.7 Å². The number of halogens is 3. The molecule has 45 heavy (non-hydrogen) atoms. The number of alkyl halides is 3. The van der Waals surface area contributed by atoms with Gasteiger partial charge < -0.3 is 24.4 Å². The fourth-order valence-electron chi connectivity index (χ4n) is 5.88. The number of fused-ring (bicyclic) bond motifs is 1. The Morgan fingerprint density at radius 3 is 2.47 bits per heavy atom. The number of rotatable bonds is 5. The monoisotopic (exact) mass is 625 g/mol. The van der Waals surface area contributed by atoms with E-state index in [0.29, 0.717) is 60.4 Å². The molecule has 15 heteroatoms. The highest BCUT2D eigenvalue weighted by Gasteiger charge is 2.31. The first-order valence-electron chi connectivity index (χ1n) is 14.5. The smallest absolute Gasteiger partial charge is 0.378 e. The second-order valence-electron chi connectivity index (χ2n) is 11.0. The van der Waals surface area contributed by atoms with Crippen LogP contribution >= 0.6 is 0 Å². The van der Waals surface area contributed by atoms with Gasteiger partial charge in [-0.25, -0.2) is 14.6 Å². The number of carbonyl (C=O) groups excluding carboxylic acids is 2. The summed E-state index contributed by atoms with van der Waals surface area (Å²) in [4.78, 5) is 62.4. The highest BCUT2D eigenvalue weighted by atomic mass is 19.4. The van der Waals surface area contributed by atoms with Gasteiger partial charge in [0.05, 0.1) is 18.7 Å². The van der Waals surface area contributed by atoms with E-state index in [1.54, 1.807) is 52.1 Å². The molecule has 3 aromatic heterocycles. The van der Waals surface area contributed by atoms with Crippen LogP contribution in [0.4, 0.5) is 23.7 Å². The van der Waals surface area contributed by atoms with Crippen LogP contribution in [0.15, 0.2) is 64.4 Å². The molecule has 4 aromatic rings. The Bertz CT molecular complexity index is 1850. The largest absolute Gasteiger partial charge is 0.406 e. The Morgan fingerprint density at radius 2 is 1.73 bits per heavy atom. The summed E-state index contributed by atoms with van der Waals surface area (Å²) in [6.45, 7) is 0.365. The van der Waals surface area contributed by atoms with Crippen LogP contribution in [0, 0.1) is 0 Å². The van der Waals surface area contributed by atoms with E-state index in [4.69, 9.17) is 4.74 Å². The van der Waals surface area contributed by atoms with Gasteiger partial charge in [0, 0.05) is 55.7 Å². The maximum absolute atomic E-state index is 13.5. The zero-order valence-electron chi connectivity index (χ0n) is 24.0. The minimum absolute atomic E-state index is 0.164. The lowest BCUT2D eigenvalue weighted by Gasteiger charge is -2.32. The van der Waals surface area contributed by atoms with Crippen molar-refractivity contribution in [3.8, 4) is 11.1 Å². The van der Waals surface area contributed by atoms with Crippen LogP contribution in [0.5, 0.6) is 0 Å². The Hall–Kier alpha value is -4.92. The number of ether oxygens (including phenoxy) is 1. The van der Waals surface area contributed by atoms with Gasteiger partial charge in [0.2, 0.25) is 0 Å². The van der Waals surface area contributed by atoms with Crippen molar-refractivity contribution in [2.24, 2.45) is 0 Å². The number of hydrogen-bond acceptors (Lipinski definition) is 6. The van der Waals surface area contributed by atoms with Crippen molar-refractivity contribution in [3.05, 3.63) is 81.3 Å². The molecule has 0 bridgehead atoms. The molecule has 0 unspecified atom stereocenters. The average Bonchev–Trinajstić information content (AvgIpc) is 3.38. The van der Waals surface area contributed by atoms with Gasteiger partial charge in [-0.15, -0.1) is 0 Å². The summed E-state index contributed by atoms with van der Waals surface area (Å²) in [5.41, 5.74) is 0.160. The lowest BCUT2D eigenvalue weighted by atomic mass is 9.99. The highest BCUT2D eigenvalue weighted by Crippen LogP contribution is 2.29. The molecule has 0 saturated carbocycles. The van der Waals surface area contributed by atoms with Gasteiger partial charge >= 0.3 is 17.9 Å². The average molecular weight is 626 g/mol. The van der Waals surface area contributed by atoms with Crippen molar-refractivity contribution < 1.29 is 27.5 Å². The number of likely N-dealkylation sites (tertiary alicyclic amines) is 1. The molecule has 2 aliphatic heterocycles. The van der Waals surface area contributed by atoms with Crippen LogP contribution in [0.3, 0.4) is 0 Å². The maximum atomic E-state index is 13.5. The Labute approximate surface area is 254 Å². The summed E-state index contributed by atoms with van der Waals surface area (Å²) in [6, 6.07) is 10.4. The second-order valence-corrected chi connectivity index (χ2v) is 11.0. The third kappa shape index (κ3) is 6.34. The number of amides is 3. The number of nitrogens with zero attached hydrogens (tertiary/aromatic N) is 5. The first-order valence-corrected chi connectivity index (χ1v) is 14.5. The molecule has 0 aliphatic carbocycles. The second kappa shape index (κ2) is 12.2. The summed E-state index contributed by atoms with van der Waals surface area (Å²) in [7, 11) is 0. The fourth-order valence-corrected chi connectivity index (χ4v) is 5.88. The van der Waals surface area contributed by atoms with E-state index in [-0.39, 0.29) is 47.5 Å². The molecule has 0 radical (unpaired) electrons.